The molecule has 0 bridgehead atoms. The van der Waals surface area contributed by atoms with Gasteiger partial charge < -0.3 is 4.90 Å². The summed E-state index contributed by atoms with van der Waals surface area (Å²) in [6.45, 7) is 8.47. The topological polar surface area (TPSA) is 90.3 Å². The highest BCUT2D eigenvalue weighted by Gasteiger charge is 2.14. The van der Waals surface area contributed by atoms with Gasteiger partial charge in [0.25, 0.3) is 0 Å². The third kappa shape index (κ3) is 8.01. The van der Waals surface area contributed by atoms with Crippen LogP contribution in [0.2, 0.25) is 0 Å². The van der Waals surface area contributed by atoms with Gasteiger partial charge in [-0.3, -0.25) is 0 Å². The van der Waals surface area contributed by atoms with Crippen LogP contribution >= 0.6 is 22.7 Å². The van der Waals surface area contributed by atoms with Crippen LogP contribution in [0, 0.1) is 13.8 Å². The summed E-state index contributed by atoms with van der Waals surface area (Å²) in [4.78, 5) is 7.08. The van der Waals surface area contributed by atoms with Gasteiger partial charge in [-0.25, -0.2) is 4.98 Å². The quantitative estimate of drug-likeness (QED) is 0.136. The van der Waals surface area contributed by atoms with Crippen molar-refractivity contribution in [3.63, 3.8) is 0 Å². The van der Waals surface area contributed by atoms with Crippen molar-refractivity contribution in [3.05, 3.63) is 94.9 Å². The second kappa shape index (κ2) is 14.6. The van der Waals surface area contributed by atoms with Crippen LogP contribution in [0.25, 0.3) is 11.3 Å². The molecule has 1 aliphatic heterocycles. The Morgan fingerprint density at radius 3 is 2.07 bits per heavy atom. The van der Waals surface area contributed by atoms with Crippen molar-refractivity contribution in [2.24, 2.45) is 30.7 Å². The van der Waals surface area contributed by atoms with Gasteiger partial charge in [0.15, 0.2) is 0 Å². The van der Waals surface area contributed by atoms with Gasteiger partial charge in [0.2, 0.25) is 5.13 Å². The average Bonchev–Trinajstić information content (AvgIpc) is 3.85. The van der Waals surface area contributed by atoms with Crippen molar-refractivity contribution >= 4 is 60.6 Å². The lowest BCUT2D eigenvalue weighted by Gasteiger charge is -2.13. The molecule has 0 aliphatic carbocycles. The van der Waals surface area contributed by atoms with Gasteiger partial charge in [0, 0.05) is 24.0 Å². The number of benzene rings is 3. The third-order valence-corrected chi connectivity index (χ3v) is 9.45. The van der Waals surface area contributed by atoms with Crippen molar-refractivity contribution in [1.29, 1.82) is 0 Å². The zero-order valence-corrected chi connectivity index (χ0v) is 27.5. The summed E-state index contributed by atoms with van der Waals surface area (Å²) in [6, 6.07) is 24.4. The minimum Gasteiger partial charge on any atom is -0.363 e. The monoisotopic (exact) mass is 632 g/mol. The molecule has 0 radical (unpaired) electrons. The standard InChI is InChI=1S/C35H36N8S2/c1-4-5-8-26-9-11-27(12-10-26)32-23-44-35(36-32)42-40-31-16-13-28(21-25(31)3)37-39-30-15-14-29(22-24(30)2)38-41-33-17-18-34(45-33)43-19-6-7-20-43/h9-18,21-23H,4-8,19-20H2,1-3H3/b39-37+,41-38+,42-40+. The van der Waals surface area contributed by atoms with E-state index in [2.05, 4.69) is 77.8 Å². The van der Waals surface area contributed by atoms with Crippen LogP contribution in [0.5, 0.6) is 0 Å². The van der Waals surface area contributed by atoms with Crippen LogP contribution in [-0.2, 0) is 6.42 Å². The van der Waals surface area contributed by atoms with E-state index in [1.54, 1.807) is 11.3 Å². The highest BCUT2D eigenvalue weighted by Crippen LogP contribution is 2.36. The van der Waals surface area contributed by atoms with Crippen LogP contribution in [0.1, 0.15) is 49.3 Å². The Kier molecular flexibility index (Phi) is 9.92. The van der Waals surface area contributed by atoms with E-state index in [-0.39, 0.29) is 0 Å². The molecule has 0 spiro atoms. The molecular formula is C35H36N8S2. The van der Waals surface area contributed by atoms with E-state index in [0.717, 1.165) is 69.6 Å². The van der Waals surface area contributed by atoms with Crippen molar-refractivity contribution in [3.8, 4) is 11.3 Å². The predicted octanol–water partition coefficient (Wildman–Crippen LogP) is 12.7. The average molecular weight is 633 g/mol. The number of hydrogen-bond donors (Lipinski definition) is 0. The second-order valence-electron chi connectivity index (χ2n) is 11.2. The normalized spacial score (nSPS) is 13.7. The largest absolute Gasteiger partial charge is 0.363 e. The third-order valence-electron chi connectivity index (χ3n) is 7.70. The molecule has 1 saturated heterocycles. The Hall–Kier alpha value is -4.41. The summed E-state index contributed by atoms with van der Waals surface area (Å²) < 4.78 is 0. The zero-order valence-electron chi connectivity index (χ0n) is 25.8. The summed E-state index contributed by atoms with van der Waals surface area (Å²) in [7, 11) is 0. The Morgan fingerprint density at radius 2 is 1.40 bits per heavy atom. The molecule has 1 fully saturated rings. The van der Waals surface area contributed by atoms with Crippen LogP contribution in [0.15, 0.2) is 109 Å². The van der Waals surface area contributed by atoms with Crippen LogP contribution in [0.3, 0.4) is 0 Å². The molecule has 8 nitrogen and oxygen atoms in total. The molecule has 0 unspecified atom stereocenters. The Balaban J connectivity index is 1.06. The zero-order chi connectivity index (χ0) is 31.0. The molecule has 6 rings (SSSR count). The van der Waals surface area contributed by atoms with Gasteiger partial charge in [-0.15, -0.1) is 31.8 Å². The summed E-state index contributed by atoms with van der Waals surface area (Å²) in [5, 5.41) is 31.5. The highest BCUT2D eigenvalue weighted by atomic mass is 32.1. The van der Waals surface area contributed by atoms with Gasteiger partial charge in [-0.1, -0.05) is 48.9 Å². The number of rotatable bonds is 11. The minimum atomic E-state index is 0.629. The maximum atomic E-state index is 4.67. The first-order chi connectivity index (χ1) is 22.0. The minimum absolute atomic E-state index is 0.629. The van der Waals surface area contributed by atoms with Gasteiger partial charge in [-0.2, -0.15) is 10.2 Å². The number of aromatic nitrogens is 1. The van der Waals surface area contributed by atoms with Gasteiger partial charge in [0.05, 0.1) is 33.4 Å². The summed E-state index contributed by atoms with van der Waals surface area (Å²) >= 11 is 3.17. The molecule has 10 heteroatoms. The van der Waals surface area contributed by atoms with Crippen LogP contribution in [0.4, 0.5) is 37.9 Å². The van der Waals surface area contributed by atoms with Crippen molar-refractivity contribution < 1.29 is 0 Å². The molecule has 45 heavy (non-hydrogen) atoms. The number of aryl methyl sites for hydroxylation is 3. The molecule has 3 heterocycles. The smallest absolute Gasteiger partial charge is 0.230 e. The fraction of sp³-hybridized carbons (Fsp3) is 0.286. The second-order valence-corrected chi connectivity index (χ2v) is 13.0. The van der Waals surface area contributed by atoms with Crippen molar-refractivity contribution in [2.45, 2.75) is 52.9 Å². The first kappa shape index (κ1) is 30.6. The van der Waals surface area contributed by atoms with E-state index < -0.39 is 0 Å². The molecular weight excluding hydrogens is 597 g/mol. The van der Waals surface area contributed by atoms with E-state index in [1.807, 2.05) is 61.7 Å². The fourth-order valence-electron chi connectivity index (χ4n) is 5.09. The molecule has 0 saturated carbocycles. The number of unbranched alkanes of at least 4 members (excludes halogenated alkanes) is 1. The number of azo groups is 3. The van der Waals surface area contributed by atoms with E-state index in [0.29, 0.717) is 5.13 Å². The van der Waals surface area contributed by atoms with Crippen LogP contribution < -0.4 is 4.90 Å². The summed E-state index contributed by atoms with van der Waals surface area (Å²) in [5.74, 6) is 0. The molecule has 0 atom stereocenters. The van der Waals surface area contributed by atoms with E-state index in [1.165, 1.54) is 47.6 Å². The molecule has 0 amide bonds. The SMILES string of the molecule is CCCCc1ccc(-c2csc(/N=N/c3ccc(/N=N/c4ccc(/N=N/c5ccc(N6CCCC6)s5)cc4C)cc3C)n2)cc1. The lowest BCUT2D eigenvalue weighted by atomic mass is 10.1. The van der Waals surface area contributed by atoms with Crippen LogP contribution in [-0.4, -0.2) is 18.1 Å². The number of thiophene rings is 1. The predicted molar refractivity (Wildman–Crippen MR) is 187 cm³/mol. The fourth-order valence-corrected chi connectivity index (χ4v) is 6.61. The molecule has 0 N–H and O–H groups in total. The lowest BCUT2D eigenvalue weighted by Crippen LogP contribution is -2.15. The van der Waals surface area contributed by atoms with Gasteiger partial charge in [-0.05, 0) is 105 Å². The van der Waals surface area contributed by atoms with Gasteiger partial charge >= 0.3 is 0 Å². The van der Waals surface area contributed by atoms with E-state index >= 15 is 0 Å². The number of thiazole rings is 1. The number of nitrogens with zero attached hydrogens (tertiary/aromatic N) is 8. The molecule has 3 aromatic carbocycles. The Labute approximate surface area is 272 Å². The van der Waals surface area contributed by atoms with Gasteiger partial charge in [0.1, 0.15) is 5.00 Å². The van der Waals surface area contributed by atoms with E-state index in [4.69, 9.17) is 0 Å². The molecule has 5 aromatic rings. The molecule has 2 aromatic heterocycles. The molecule has 228 valence electrons. The molecule has 1 aliphatic rings. The number of hydrogen-bond acceptors (Lipinski definition) is 10. The first-order valence-corrected chi connectivity index (χ1v) is 17.1. The number of anilines is 1. The maximum absolute atomic E-state index is 4.67. The Bertz CT molecular complexity index is 1830. The van der Waals surface area contributed by atoms with Crippen molar-refractivity contribution in [1.82, 2.24) is 4.98 Å². The summed E-state index contributed by atoms with van der Waals surface area (Å²) in [6.07, 6.45) is 6.05. The van der Waals surface area contributed by atoms with E-state index in [9.17, 15) is 0 Å². The summed E-state index contributed by atoms with van der Waals surface area (Å²) in [5.41, 5.74) is 8.43. The maximum Gasteiger partial charge on any atom is 0.230 e. The lowest BCUT2D eigenvalue weighted by molar-refractivity contribution is 0.795. The Morgan fingerprint density at radius 1 is 0.733 bits per heavy atom. The van der Waals surface area contributed by atoms with Crippen molar-refractivity contribution in [2.75, 3.05) is 18.0 Å². The highest BCUT2D eigenvalue weighted by molar-refractivity contribution is 7.19. The first-order valence-electron chi connectivity index (χ1n) is 15.4.